The molecule has 1 saturated carbocycles. The van der Waals surface area contributed by atoms with Gasteiger partial charge in [0.15, 0.2) is 0 Å². The van der Waals surface area contributed by atoms with Crippen molar-refractivity contribution in [3.8, 4) is 0 Å². The van der Waals surface area contributed by atoms with Crippen LogP contribution in [0.1, 0.15) is 77.7 Å². The Morgan fingerprint density at radius 3 is 2.40 bits per heavy atom. The van der Waals surface area contributed by atoms with Gasteiger partial charge in [0, 0.05) is 12.0 Å². The van der Waals surface area contributed by atoms with Crippen LogP contribution in [0.5, 0.6) is 0 Å². The van der Waals surface area contributed by atoms with Crippen LogP contribution in [0.15, 0.2) is 0 Å². The van der Waals surface area contributed by atoms with Crippen LogP contribution in [0, 0.1) is 5.92 Å². The van der Waals surface area contributed by atoms with Gasteiger partial charge < -0.3 is 10.3 Å². The number of nitrogens with two attached hydrogens (primary N) is 1. The Morgan fingerprint density at radius 1 is 1.20 bits per heavy atom. The fourth-order valence-corrected chi connectivity index (χ4v) is 3.49. The molecule has 1 aromatic rings. The zero-order valence-corrected chi connectivity index (χ0v) is 13.7. The van der Waals surface area contributed by atoms with Gasteiger partial charge in [-0.25, -0.2) is 4.98 Å². The highest BCUT2D eigenvalue weighted by Crippen LogP contribution is 2.31. The van der Waals surface area contributed by atoms with E-state index in [1.54, 1.807) is 0 Å². The molecule has 3 heteroatoms. The van der Waals surface area contributed by atoms with Gasteiger partial charge in [0.1, 0.15) is 11.6 Å². The highest BCUT2D eigenvalue weighted by molar-refractivity contribution is 5.40. The van der Waals surface area contributed by atoms with Gasteiger partial charge >= 0.3 is 0 Å². The molecule has 0 spiro atoms. The Kier molecular flexibility index (Phi) is 4.77. The van der Waals surface area contributed by atoms with Crippen molar-refractivity contribution in [2.45, 2.75) is 84.6 Å². The molecule has 0 saturated heterocycles. The second kappa shape index (κ2) is 6.19. The summed E-state index contributed by atoms with van der Waals surface area (Å²) in [5.74, 6) is 2.87. The first kappa shape index (κ1) is 15.4. The van der Waals surface area contributed by atoms with E-state index in [0.717, 1.165) is 36.7 Å². The van der Waals surface area contributed by atoms with Crippen molar-refractivity contribution >= 4 is 5.82 Å². The van der Waals surface area contributed by atoms with Crippen LogP contribution >= 0.6 is 0 Å². The summed E-state index contributed by atoms with van der Waals surface area (Å²) in [5, 5.41) is 0. The van der Waals surface area contributed by atoms with E-state index in [2.05, 4.69) is 32.3 Å². The molecule has 2 rings (SSSR count). The van der Waals surface area contributed by atoms with Crippen LogP contribution in [0.4, 0.5) is 5.82 Å². The molecule has 0 radical (unpaired) electrons. The second-order valence-electron chi connectivity index (χ2n) is 7.32. The molecular formula is C17H31N3. The number of nitrogens with zero attached hydrogens (tertiary/aromatic N) is 2. The van der Waals surface area contributed by atoms with Crippen LogP contribution < -0.4 is 5.73 Å². The van der Waals surface area contributed by atoms with Crippen molar-refractivity contribution in [1.82, 2.24) is 9.55 Å². The quantitative estimate of drug-likeness (QED) is 0.892. The van der Waals surface area contributed by atoms with Gasteiger partial charge in [0.25, 0.3) is 0 Å². The van der Waals surface area contributed by atoms with E-state index in [4.69, 9.17) is 10.7 Å². The number of aryl methyl sites for hydroxylation is 1. The van der Waals surface area contributed by atoms with E-state index in [-0.39, 0.29) is 5.54 Å². The number of aromatic nitrogens is 2. The van der Waals surface area contributed by atoms with Gasteiger partial charge in [0.2, 0.25) is 0 Å². The Morgan fingerprint density at radius 2 is 1.85 bits per heavy atom. The van der Waals surface area contributed by atoms with Gasteiger partial charge in [-0.1, -0.05) is 39.0 Å². The Bertz CT molecular complexity index is 434. The molecule has 0 bridgehead atoms. The van der Waals surface area contributed by atoms with Crippen molar-refractivity contribution < 1.29 is 0 Å². The average Bonchev–Trinajstić information content (AvgIpc) is 2.67. The molecule has 1 aromatic heterocycles. The predicted molar refractivity (Wildman–Crippen MR) is 85.9 cm³/mol. The lowest BCUT2D eigenvalue weighted by atomic mass is 9.86. The number of imidazole rings is 1. The fourth-order valence-electron chi connectivity index (χ4n) is 3.49. The molecule has 114 valence electrons. The summed E-state index contributed by atoms with van der Waals surface area (Å²) in [6.45, 7) is 8.86. The molecule has 1 aliphatic rings. The minimum atomic E-state index is 0.0202. The maximum atomic E-state index is 6.44. The summed E-state index contributed by atoms with van der Waals surface area (Å²) in [4.78, 5) is 4.90. The third-order valence-electron chi connectivity index (χ3n) is 4.41. The van der Waals surface area contributed by atoms with Gasteiger partial charge in [-0.2, -0.15) is 0 Å². The zero-order valence-electron chi connectivity index (χ0n) is 13.7. The molecule has 0 aliphatic heterocycles. The number of rotatable bonds is 4. The summed E-state index contributed by atoms with van der Waals surface area (Å²) >= 11 is 0. The summed E-state index contributed by atoms with van der Waals surface area (Å²) in [6, 6.07) is 0. The molecule has 1 fully saturated rings. The van der Waals surface area contributed by atoms with Crippen LogP contribution in [-0.4, -0.2) is 9.55 Å². The second-order valence-corrected chi connectivity index (χ2v) is 7.32. The normalized spacial score (nSPS) is 17.6. The fraction of sp³-hybridized carbons (Fsp3) is 0.824. The van der Waals surface area contributed by atoms with Gasteiger partial charge in [-0.15, -0.1) is 0 Å². The molecular weight excluding hydrogens is 246 g/mol. The van der Waals surface area contributed by atoms with Gasteiger partial charge in [-0.3, -0.25) is 0 Å². The summed E-state index contributed by atoms with van der Waals surface area (Å²) in [6.07, 6.45) is 10.1. The van der Waals surface area contributed by atoms with Gasteiger partial charge in [-0.05, 0) is 39.5 Å². The largest absolute Gasteiger partial charge is 0.384 e. The van der Waals surface area contributed by atoms with Crippen molar-refractivity contribution in [2.24, 2.45) is 5.92 Å². The van der Waals surface area contributed by atoms with E-state index in [1.165, 1.54) is 37.9 Å². The van der Waals surface area contributed by atoms with E-state index in [9.17, 15) is 0 Å². The molecule has 0 aromatic carbocycles. The third kappa shape index (κ3) is 3.36. The molecule has 0 amide bonds. The molecule has 20 heavy (non-hydrogen) atoms. The molecule has 2 N–H and O–H groups in total. The first-order valence-corrected chi connectivity index (χ1v) is 8.30. The molecule has 3 nitrogen and oxygen atoms in total. The lowest BCUT2D eigenvalue weighted by Gasteiger charge is -2.25. The maximum absolute atomic E-state index is 6.44. The lowest BCUT2D eigenvalue weighted by molar-refractivity contribution is 0.354. The van der Waals surface area contributed by atoms with Crippen molar-refractivity contribution in [2.75, 3.05) is 5.73 Å². The number of hydrogen-bond donors (Lipinski definition) is 1. The van der Waals surface area contributed by atoms with Crippen molar-refractivity contribution in [1.29, 1.82) is 0 Å². The monoisotopic (exact) mass is 277 g/mol. The van der Waals surface area contributed by atoms with E-state index < -0.39 is 0 Å². The van der Waals surface area contributed by atoms with Crippen LogP contribution in [0.3, 0.4) is 0 Å². The first-order valence-electron chi connectivity index (χ1n) is 8.30. The van der Waals surface area contributed by atoms with Crippen LogP contribution in [-0.2, 0) is 18.4 Å². The Hall–Kier alpha value is -0.990. The minimum Gasteiger partial charge on any atom is -0.384 e. The van der Waals surface area contributed by atoms with Gasteiger partial charge in [0.05, 0.1) is 5.69 Å². The SMILES string of the molecule is CCCc1nc(CC2CCCCC2)c(N)n1C(C)(C)C. The predicted octanol–water partition coefficient (Wildman–Crippen LogP) is 4.30. The summed E-state index contributed by atoms with van der Waals surface area (Å²) in [7, 11) is 0. The Labute approximate surface area is 124 Å². The zero-order chi connectivity index (χ0) is 14.8. The lowest BCUT2D eigenvalue weighted by Crippen LogP contribution is -2.26. The highest BCUT2D eigenvalue weighted by Gasteiger charge is 2.25. The average molecular weight is 277 g/mol. The summed E-state index contributed by atoms with van der Waals surface area (Å²) < 4.78 is 2.26. The summed E-state index contributed by atoms with van der Waals surface area (Å²) in [5.41, 5.74) is 7.61. The topological polar surface area (TPSA) is 43.8 Å². The number of anilines is 1. The van der Waals surface area contributed by atoms with Crippen molar-refractivity contribution in [3.05, 3.63) is 11.5 Å². The van der Waals surface area contributed by atoms with E-state index >= 15 is 0 Å². The number of hydrogen-bond acceptors (Lipinski definition) is 2. The van der Waals surface area contributed by atoms with E-state index in [0.29, 0.717) is 0 Å². The first-order chi connectivity index (χ1) is 9.43. The number of nitrogen functional groups attached to an aromatic ring is 1. The van der Waals surface area contributed by atoms with Crippen molar-refractivity contribution in [3.63, 3.8) is 0 Å². The molecule has 0 atom stereocenters. The Balaban J connectivity index is 2.24. The molecule has 1 heterocycles. The van der Waals surface area contributed by atoms with Crippen LogP contribution in [0.2, 0.25) is 0 Å². The standard InChI is InChI=1S/C17H31N3/c1-5-9-15-19-14(12-13-10-7-6-8-11-13)16(18)20(15)17(2,3)4/h13H,5-12,18H2,1-4H3. The van der Waals surface area contributed by atoms with E-state index in [1.807, 2.05) is 0 Å². The smallest absolute Gasteiger partial charge is 0.127 e. The maximum Gasteiger partial charge on any atom is 0.127 e. The third-order valence-corrected chi connectivity index (χ3v) is 4.41. The minimum absolute atomic E-state index is 0.0202. The molecule has 0 unspecified atom stereocenters. The van der Waals surface area contributed by atoms with Crippen LogP contribution in [0.25, 0.3) is 0 Å². The highest BCUT2D eigenvalue weighted by atomic mass is 15.2. The molecule has 1 aliphatic carbocycles.